The molecule has 2 bridgehead atoms. The first-order chi connectivity index (χ1) is 8.70. The first-order valence-electron chi connectivity index (χ1n) is 6.07. The summed E-state index contributed by atoms with van der Waals surface area (Å²) in [5, 5.41) is 3.79. The largest absolute Gasteiger partial charge is 0.495 e. The van der Waals surface area contributed by atoms with E-state index in [1.807, 2.05) is 4.90 Å². The monoisotopic (exact) mass is 266 g/mol. The molecule has 2 fully saturated rings. The van der Waals surface area contributed by atoms with Crippen molar-refractivity contribution in [1.82, 2.24) is 10.2 Å². The minimum atomic E-state index is 0.0716. The molecular weight excluding hydrogens is 252 g/mol. The molecule has 2 unspecified atom stereocenters. The van der Waals surface area contributed by atoms with E-state index in [0.717, 1.165) is 19.5 Å². The average Bonchev–Trinajstić information content (AvgIpc) is 2.39. The van der Waals surface area contributed by atoms with Crippen molar-refractivity contribution in [3.63, 3.8) is 0 Å². The highest BCUT2D eigenvalue weighted by Crippen LogP contribution is 2.32. The van der Waals surface area contributed by atoms with Crippen molar-refractivity contribution in [2.75, 3.05) is 20.2 Å². The minimum absolute atomic E-state index is 0.0716. The van der Waals surface area contributed by atoms with Crippen LogP contribution in [0.4, 0.5) is 0 Å². The lowest BCUT2D eigenvalue weighted by atomic mass is 9.88. The van der Waals surface area contributed by atoms with Gasteiger partial charge in [0.1, 0.15) is 5.75 Å². The average molecular weight is 267 g/mol. The van der Waals surface area contributed by atoms with E-state index in [4.69, 9.17) is 16.3 Å². The number of hydrogen-bond donors (Lipinski definition) is 1. The van der Waals surface area contributed by atoms with E-state index in [0.29, 0.717) is 28.4 Å². The number of methoxy groups -OCH3 is 1. The van der Waals surface area contributed by atoms with Gasteiger partial charge in [-0.15, -0.1) is 0 Å². The van der Waals surface area contributed by atoms with Gasteiger partial charge in [-0.25, -0.2) is 0 Å². The maximum atomic E-state index is 12.4. The summed E-state index contributed by atoms with van der Waals surface area (Å²) in [4.78, 5) is 14.4. The molecule has 1 amide bonds. The third-order valence-electron chi connectivity index (χ3n) is 3.72. The van der Waals surface area contributed by atoms with Crippen LogP contribution in [0.3, 0.4) is 0 Å². The van der Waals surface area contributed by atoms with E-state index in [9.17, 15) is 4.79 Å². The second-order valence-corrected chi connectivity index (χ2v) is 5.17. The van der Waals surface area contributed by atoms with E-state index in [2.05, 4.69) is 5.32 Å². The maximum Gasteiger partial charge on any atom is 0.254 e. The van der Waals surface area contributed by atoms with Crippen molar-refractivity contribution in [1.29, 1.82) is 0 Å². The fraction of sp³-hybridized carbons (Fsp3) is 0.462. The van der Waals surface area contributed by atoms with Crippen LogP contribution in [0.2, 0.25) is 5.02 Å². The Kier molecular flexibility index (Phi) is 2.92. The SMILES string of the molecule is COc1ccc(C(=O)N2C3CNCC2C3)cc1Cl. The summed E-state index contributed by atoms with van der Waals surface area (Å²) in [6.07, 6.45) is 1.11. The molecule has 2 aliphatic heterocycles. The Hall–Kier alpha value is -1.26. The summed E-state index contributed by atoms with van der Waals surface area (Å²) in [5.74, 6) is 0.668. The summed E-state index contributed by atoms with van der Waals surface area (Å²) in [6, 6.07) is 5.89. The topological polar surface area (TPSA) is 41.6 Å². The standard InChI is InChI=1S/C13H15ClN2O2/c1-18-12-3-2-8(4-11(12)14)13(17)16-9-5-10(16)7-15-6-9/h2-4,9-10,15H,5-7H2,1H3. The summed E-state index contributed by atoms with van der Waals surface area (Å²) in [6.45, 7) is 1.79. The number of carbonyl (C=O) groups is 1. The number of piperidine rings is 1. The number of benzene rings is 1. The van der Waals surface area contributed by atoms with Crippen molar-refractivity contribution in [3.8, 4) is 5.75 Å². The third-order valence-corrected chi connectivity index (χ3v) is 4.02. The van der Waals surface area contributed by atoms with Crippen molar-refractivity contribution < 1.29 is 9.53 Å². The van der Waals surface area contributed by atoms with Gasteiger partial charge in [0.05, 0.1) is 12.1 Å². The van der Waals surface area contributed by atoms with Crippen molar-refractivity contribution in [2.24, 2.45) is 0 Å². The third kappa shape index (κ3) is 1.76. The number of piperazine rings is 1. The summed E-state index contributed by atoms with van der Waals surface area (Å²) in [7, 11) is 1.56. The van der Waals surface area contributed by atoms with Gasteiger partial charge < -0.3 is 15.0 Å². The Morgan fingerprint density at radius 3 is 2.72 bits per heavy atom. The van der Waals surface area contributed by atoms with Crippen LogP contribution in [0, 0.1) is 0 Å². The number of ether oxygens (including phenoxy) is 1. The second-order valence-electron chi connectivity index (χ2n) is 4.76. The van der Waals surface area contributed by atoms with Crippen LogP contribution in [0.15, 0.2) is 18.2 Å². The van der Waals surface area contributed by atoms with Crippen LogP contribution in [-0.4, -0.2) is 43.1 Å². The fourth-order valence-electron chi connectivity index (χ4n) is 2.76. The molecule has 0 radical (unpaired) electrons. The quantitative estimate of drug-likeness (QED) is 0.883. The van der Waals surface area contributed by atoms with Crippen LogP contribution in [0.5, 0.6) is 5.75 Å². The smallest absolute Gasteiger partial charge is 0.254 e. The zero-order valence-corrected chi connectivity index (χ0v) is 10.9. The summed E-state index contributed by atoms with van der Waals surface area (Å²) in [5.41, 5.74) is 0.636. The normalized spacial score (nSPS) is 25.6. The van der Waals surface area contributed by atoms with Crippen LogP contribution >= 0.6 is 11.6 Å². The molecule has 2 saturated heterocycles. The van der Waals surface area contributed by atoms with Crippen molar-refractivity contribution in [3.05, 3.63) is 28.8 Å². The lowest BCUT2D eigenvalue weighted by Gasteiger charge is -2.53. The maximum absolute atomic E-state index is 12.4. The summed E-state index contributed by atoms with van der Waals surface area (Å²) < 4.78 is 5.09. The molecule has 1 aromatic carbocycles. The number of hydrogen-bond acceptors (Lipinski definition) is 3. The van der Waals surface area contributed by atoms with E-state index < -0.39 is 0 Å². The molecule has 0 saturated carbocycles. The molecule has 96 valence electrons. The molecule has 1 N–H and O–H groups in total. The van der Waals surface area contributed by atoms with Crippen LogP contribution in [-0.2, 0) is 0 Å². The fourth-order valence-corrected chi connectivity index (χ4v) is 3.02. The Bertz CT molecular complexity index is 478. The molecule has 0 aromatic heterocycles. The number of amides is 1. The van der Waals surface area contributed by atoms with Crippen LogP contribution in [0.25, 0.3) is 0 Å². The van der Waals surface area contributed by atoms with Gasteiger partial charge in [0.2, 0.25) is 0 Å². The van der Waals surface area contributed by atoms with Gasteiger partial charge in [0, 0.05) is 30.7 Å². The van der Waals surface area contributed by atoms with Gasteiger partial charge >= 0.3 is 0 Å². The number of nitrogens with one attached hydrogen (secondary N) is 1. The van der Waals surface area contributed by atoms with Gasteiger partial charge in [-0.05, 0) is 24.6 Å². The first-order valence-corrected chi connectivity index (χ1v) is 6.45. The predicted octanol–water partition coefficient (Wildman–Crippen LogP) is 1.53. The molecule has 18 heavy (non-hydrogen) atoms. The highest BCUT2D eigenvalue weighted by atomic mass is 35.5. The number of fused-ring (bicyclic) bond motifs is 2. The Morgan fingerprint density at radius 1 is 1.44 bits per heavy atom. The molecule has 4 nitrogen and oxygen atoms in total. The van der Waals surface area contributed by atoms with Crippen molar-refractivity contribution >= 4 is 17.5 Å². The number of carbonyl (C=O) groups excluding carboxylic acids is 1. The number of nitrogens with zero attached hydrogens (tertiary/aromatic N) is 1. The van der Waals surface area contributed by atoms with Gasteiger partial charge in [-0.3, -0.25) is 4.79 Å². The molecule has 1 aromatic rings. The van der Waals surface area contributed by atoms with Gasteiger partial charge in [-0.2, -0.15) is 0 Å². The molecule has 3 rings (SSSR count). The van der Waals surface area contributed by atoms with E-state index in [1.54, 1.807) is 25.3 Å². The van der Waals surface area contributed by atoms with Gasteiger partial charge in [0.25, 0.3) is 5.91 Å². The number of rotatable bonds is 2. The Labute approximate surface area is 111 Å². The molecule has 2 heterocycles. The molecule has 0 aliphatic carbocycles. The first kappa shape index (κ1) is 11.8. The lowest BCUT2D eigenvalue weighted by Crippen LogP contribution is -2.69. The highest BCUT2D eigenvalue weighted by Gasteiger charge is 2.44. The van der Waals surface area contributed by atoms with Crippen LogP contribution < -0.4 is 10.1 Å². The van der Waals surface area contributed by atoms with Crippen LogP contribution in [0.1, 0.15) is 16.8 Å². The molecule has 2 atom stereocenters. The van der Waals surface area contributed by atoms with Gasteiger partial charge in [0.15, 0.2) is 0 Å². The van der Waals surface area contributed by atoms with E-state index in [-0.39, 0.29) is 5.91 Å². The summed E-state index contributed by atoms with van der Waals surface area (Å²) >= 11 is 6.05. The zero-order chi connectivity index (χ0) is 12.7. The molecule has 5 heteroatoms. The van der Waals surface area contributed by atoms with E-state index in [1.165, 1.54) is 0 Å². The molecule has 2 aliphatic rings. The Morgan fingerprint density at radius 2 is 2.17 bits per heavy atom. The predicted molar refractivity (Wildman–Crippen MR) is 69.2 cm³/mol. The Balaban J connectivity index is 1.82. The lowest BCUT2D eigenvalue weighted by molar-refractivity contribution is -0.00217. The highest BCUT2D eigenvalue weighted by molar-refractivity contribution is 6.32. The van der Waals surface area contributed by atoms with E-state index >= 15 is 0 Å². The number of halogens is 1. The van der Waals surface area contributed by atoms with Crippen molar-refractivity contribution in [2.45, 2.75) is 18.5 Å². The molecule has 0 spiro atoms. The van der Waals surface area contributed by atoms with Gasteiger partial charge in [-0.1, -0.05) is 11.6 Å². The minimum Gasteiger partial charge on any atom is -0.495 e. The zero-order valence-electron chi connectivity index (χ0n) is 10.1. The molecular formula is C13H15ClN2O2. The second kappa shape index (κ2) is 4.44.